The first kappa shape index (κ1) is 12.6. The van der Waals surface area contributed by atoms with Crippen molar-refractivity contribution in [1.29, 1.82) is 0 Å². The van der Waals surface area contributed by atoms with E-state index in [0.717, 1.165) is 32.0 Å². The molecule has 96 valence electrons. The quantitative estimate of drug-likeness (QED) is 0.864. The first-order valence-electron chi connectivity index (χ1n) is 6.26. The monoisotopic (exact) mass is 238 g/mol. The minimum absolute atomic E-state index is 0.325. The van der Waals surface area contributed by atoms with Gasteiger partial charge in [0.1, 0.15) is 5.76 Å². The summed E-state index contributed by atoms with van der Waals surface area (Å²) in [5.74, 6) is 1.04. The minimum Gasteiger partial charge on any atom is -0.468 e. The van der Waals surface area contributed by atoms with Crippen molar-refractivity contribution in [3.8, 4) is 0 Å². The lowest BCUT2D eigenvalue weighted by Gasteiger charge is -2.36. The van der Waals surface area contributed by atoms with Crippen molar-refractivity contribution in [2.75, 3.05) is 20.2 Å². The van der Waals surface area contributed by atoms with E-state index in [9.17, 15) is 0 Å². The third-order valence-electron chi connectivity index (χ3n) is 3.29. The van der Waals surface area contributed by atoms with Crippen LogP contribution in [0.3, 0.4) is 0 Å². The highest BCUT2D eigenvalue weighted by atomic mass is 16.5. The van der Waals surface area contributed by atoms with Crippen molar-refractivity contribution in [3.05, 3.63) is 23.7 Å². The second-order valence-corrected chi connectivity index (χ2v) is 4.82. The van der Waals surface area contributed by atoms with Crippen molar-refractivity contribution < 1.29 is 9.15 Å². The lowest BCUT2D eigenvalue weighted by molar-refractivity contribution is -0.0528. The van der Waals surface area contributed by atoms with Crippen LogP contribution in [0.5, 0.6) is 0 Å². The molecule has 0 aliphatic carbocycles. The van der Waals surface area contributed by atoms with Crippen LogP contribution in [0, 0.1) is 0 Å². The van der Waals surface area contributed by atoms with E-state index in [1.54, 1.807) is 6.26 Å². The zero-order valence-corrected chi connectivity index (χ0v) is 10.9. The van der Waals surface area contributed by atoms with Gasteiger partial charge < -0.3 is 14.5 Å². The van der Waals surface area contributed by atoms with Gasteiger partial charge in [-0.05, 0) is 27.0 Å². The Morgan fingerprint density at radius 1 is 1.47 bits per heavy atom. The average molecular weight is 238 g/mol. The molecule has 2 heterocycles. The molecule has 17 heavy (non-hydrogen) atoms. The Kier molecular flexibility index (Phi) is 4.20. The van der Waals surface area contributed by atoms with Gasteiger partial charge in [-0.3, -0.25) is 4.90 Å². The highest BCUT2D eigenvalue weighted by Gasteiger charge is 2.24. The Morgan fingerprint density at radius 2 is 2.29 bits per heavy atom. The Bertz CT molecular complexity index is 351. The normalized spacial score (nSPS) is 26.3. The molecule has 2 unspecified atom stereocenters. The maximum absolute atomic E-state index is 5.64. The molecular weight excluding hydrogens is 216 g/mol. The second-order valence-electron chi connectivity index (χ2n) is 4.82. The number of morpholine rings is 1. The van der Waals surface area contributed by atoms with Gasteiger partial charge in [0.25, 0.3) is 0 Å². The van der Waals surface area contributed by atoms with E-state index in [0.29, 0.717) is 12.1 Å². The lowest BCUT2D eigenvalue weighted by atomic mass is 10.1. The van der Waals surface area contributed by atoms with Gasteiger partial charge in [-0.15, -0.1) is 0 Å². The van der Waals surface area contributed by atoms with Gasteiger partial charge in [0.2, 0.25) is 0 Å². The standard InChI is InChI=1S/C13H22N2O2/c1-10-9-17-11(2)7-15(10)8-12-4-5-16-13(12)6-14-3/h4-5,10-11,14H,6-9H2,1-3H3. The molecule has 0 amide bonds. The summed E-state index contributed by atoms with van der Waals surface area (Å²) in [6.07, 6.45) is 2.10. The first-order chi connectivity index (χ1) is 8.20. The van der Waals surface area contributed by atoms with Gasteiger partial charge in [-0.2, -0.15) is 0 Å². The van der Waals surface area contributed by atoms with E-state index in [2.05, 4.69) is 30.1 Å². The molecular formula is C13H22N2O2. The molecule has 0 radical (unpaired) electrons. The number of nitrogens with zero attached hydrogens (tertiary/aromatic N) is 1. The third kappa shape index (κ3) is 3.09. The van der Waals surface area contributed by atoms with Crippen LogP contribution in [-0.2, 0) is 17.8 Å². The third-order valence-corrected chi connectivity index (χ3v) is 3.29. The Morgan fingerprint density at radius 3 is 3.06 bits per heavy atom. The molecule has 0 spiro atoms. The van der Waals surface area contributed by atoms with Gasteiger partial charge >= 0.3 is 0 Å². The lowest BCUT2D eigenvalue weighted by Crippen LogP contribution is -2.46. The number of nitrogens with one attached hydrogen (secondary N) is 1. The summed E-state index contributed by atoms with van der Waals surface area (Å²) in [7, 11) is 1.94. The van der Waals surface area contributed by atoms with Crippen molar-refractivity contribution in [2.24, 2.45) is 0 Å². The molecule has 1 N–H and O–H groups in total. The fraction of sp³-hybridized carbons (Fsp3) is 0.692. The molecule has 2 atom stereocenters. The topological polar surface area (TPSA) is 37.6 Å². The Hall–Kier alpha value is -0.840. The molecule has 1 aromatic rings. The molecule has 1 aliphatic rings. The van der Waals surface area contributed by atoms with E-state index in [4.69, 9.17) is 9.15 Å². The summed E-state index contributed by atoms with van der Waals surface area (Å²) in [6.45, 7) is 7.89. The summed E-state index contributed by atoms with van der Waals surface area (Å²) in [4.78, 5) is 2.46. The van der Waals surface area contributed by atoms with Crippen LogP contribution in [0.15, 0.2) is 16.7 Å². The molecule has 1 saturated heterocycles. The fourth-order valence-corrected chi connectivity index (χ4v) is 2.23. The van der Waals surface area contributed by atoms with Crippen molar-refractivity contribution in [1.82, 2.24) is 10.2 Å². The maximum atomic E-state index is 5.64. The number of hydrogen-bond acceptors (Lipinski definition) is 4. The number of ether oxygens (including phenoxy) is 1. The van der Waals surface area contributed by atoms with Crippen LogP contribution in [0.25, 0.3) is 0 Å². The molecule has 2 rings (SSSR count). The molecule has 1 aromatic heterocycles. The van der Waals surface area contributed by atoms with E-state index >= 15 is 0 Å². The highest BCUT2D eigenvalue weighted by molar-refractivity contribution is 5.17. The van der Waals surface area contributed by atoms with Gasteiger partial charge in [-0.1, -0.05) is 0 Å². The smallest absolute Gasteiger partial charge is 0.122 e. The zero-order chi connectivity index (χ0) is 12.3. The summed E-state index contributed by atoms with van der Waals surface area (Å²) in [6, 6.07) is 2.54. The van der Waals surface area contributed by atoms with Crippen LogP contribution in [0.2, 0.25) is 0 Å². The molecule has 0 aromatic carbocycles. The molecule has 1 fully saturated rings. The highest BCUT2D eigenvalue weighted by Crippen LogP contribution is 2.18. The van der Waals surface area contributed by atoms with Gasteiger partial charge in [0.05, 0.1) is 25.5 Å². The predicted molar refractivity (Wildman–Crippen MR) is 66.8 cm³/mol. The molecule has 0 saturated carbocycles. The number of hydrogen-bond donors (Lipinski definition) is 1. The van der Waals surface area contributed by atoms with Gasteiger partial charge in [0.15, 0.2) is 0 Å². The van der Waals surface area contributed by atoms with E-state index < -0.39 is 0 Å². The second kappa shape index (κ2) is 5.67. The SMILES string of the molecule is CNCc1occc1CN1CC(C)OCC1C. The Balaban J connectivity index is 2.01. The summed E-state index contributed by atoms with van der Waals surface area (Å²) < 4.78 is 11.1. The van der Waals surface area contributed by atoms with E-state index in [-0.39, 0.29) is 0 Å². The summed E-state index contributed by atoms with van der Waals surface area (Å²) in [5, 5.41) is 3.13. The maximum Gasteiger partial charge on any atom is 0.122 e. The minimum atomic E-state index is 0.325. The summed E-state index contributed by atoms with van der Waals surface area (Å²) >= 11 is 0. The molecule has 4 nitrogen and oxygen atoms in total. The van der Waals surface area contributed by atoms with E-state index in [1.807, 2.05) is 7.05 Å². The summed E-state index contributed by atoms with van der Waals surface area (Å²) in [5.41, 5.74) is 1.28. The van der Waals surface area contributed by atoms with Crippen LogP contribution in [0.4, 0.5) is 0 Å². The molecule has 4 heteroatoms. The van der Waals surface area contributed by atoms with Crippen molar-refractivity contribution in [2.45, 2.75) is 39.1 Å². The molecule has 1 aliphatic heterocycles. The van der Waals surface area contributed by atoms with Crippen molar-refractivity contribution >= 4 is 0 Å². The zero-order valence-electron chi connectivity index (χ0n) is 10.9. The van der Waals surface area contributed by atoms with E-state index in [1.165, 1.54) is 5.56 Å². The fourth-order valence-electron chi connectivity index (χ4n) is 2.23. The van der Waals surface area contributed by atoms with Crippen LogP contribution in [0.1, 0.15) is 25.2 Å². The van der Waals surface area contributed by atoms with Crippen LogP contribution < -0.4 is 5.32 Å². The average Bonchev–Trinajstić information content (AvgIpc) is 2.72. The number of furan rings is 1. The Labute approximate surface area is 103 Å². The predicted octanol–water partition coefficient (Wildman–Crippen LogP) is 1.61. The number of rotatable bonds is 4. The largest absolute Gasteiger partial charge is 0.468 e. The van der Waals surface area contributed by atoms with Gasteiger partial charge in [-0.25, -0.2) is 0 Å². The van der Waals surface area contributed by atoms with Gasteiger partial charge in [0, 0.05) is 24.7 Å². The molecule has 0 bridgehead atoms. The van der Waals surface area contributed by atoms with Crippen LogP contribution >= 0.6 is 0 Å². The van der Waals surface area contributed by atoms with Crippen LogP contribution in [-0.4, -0.2) is 37.2 Å². The first-order valence-corrected chi connectivity index (χ1v) is 6.26. The van der Waals surface area contributed by atoms with Crippen molar-refractivity contribution in [3.63, 3.8) is 0 Å².